The largest absolute Gasteiger partial charge is 0.480 e. The lowest BCUT2D eigenvalue weighted by Crippen LogP contribution is -2.18. The Morgan fingerprint density at radius 2 is 1.93 bits per heavy atom. The number of hydrogen-bond acceptors (Lipinski definition) is 3. The molecule has 3 aromatic carbocycles. The minimum atomic E-state index is -2.97. The zero-order valence-electron chi connectivity index (χ0n) is 15.1. The van der Waals surface area contributed by atoms with Gasteiger partial charge in [-0.25, -0.2) is 0 Å². The van der Waals surface area contributed by atoms with Crippen LogP contribution in [0.2, 0.25) is 5.02 Å². The lowest BCUT2D eigenvalue weighted by Gasteiger charge is -2.30. The van der Waals surface area contributed by atoms with Gasteiger partial charge in [0.15, 0.2) is 0 Å². The van der Waals surface area contributed by atoms with Crippen LogP contribution in [-0.2, 0) is 11.2 Å². The summed E-state index contributed by atoms with van der Waals surface area (Å²) in [6.45, 7) is -2.97. The number of amides is 1. The highest BCUT2D eigenvalue weighted by atomic mass is 35.5. The molecule has 0 aliphatic carbocycles. The van der Waals surface area contributed by atoms with Crippen molar-refractivity contribution in [2.24, 2.45) is 5.73 Å². The third kappa shape index (κ3) is 3.89. The van der Waals surface area contributed by atoms with Gasteiger partial charge in [-0.2, -0.15) is 8.78 Å². The first kappa shape index (κ1) is 19.2. The zero-order chi connectivity index (χ0) is 20.5. The Balaban J connectivity index is 1.91. The van der Waals surface area contributed by atoms with Crippen LogP contribution in [-0.4, -0.2) is 12.5 Å². The Hall–Kier alpha value is -3.12. The van der Waals surface area contributed by atoms with E-state index in [1.807, 2.05) is 6.07 Å². The van der Waals surface area contributed by atoms with E-state index in [9.17, 15) is 13.6 Å². The topological polar surface area (TPSA) is 61.6 Å². The average Bonchev–Trinajstić information content (AvgIpc) is 2.66. The van der Waals surface area contributed by atoms with Crippen LogP contribution in [0.3, 0.4) is 0 Å². The molecule has 0 saturated carbocycles. The molecule has 0 radical (unpaired) electrons. The standard InChI is InChI=1S/C22H16ClF2NO3/c23-14-4-1-3-13(11-14)21-16-9-12(10-19(26)27)7-8-15(16)20-17(28-21)5-2-6-18(20)29-22(24)25/h1-9,11,21-22H,10H2,(H2,26,27). The van der Waals surface area contributed by atoms with Crippen molar-refractivity contribution in [2.45, 2.75) is 19.1 Å². The van der Waals surface area contributed by atoms with E-state index in [4.69, 9.17) is 26.8 Å². The summed E-state index contributed by atoms with van der Waals surface area (Å²) < 4.78 is 36.8. The van der Waals surface area contributed by atoms with Gasteiger partial charge >= 0.3 is 6.61 Å². The molecule has 2 N–H and O–H groups in total. The number of fused-ring (bicyclic) bond motifs is 3. The van der Waals surface area contributed by atoms with Gasteiger partial charge in [-0.1, -0.05) is 48.0 Å². The number of benzene rings is 3. The van der Waals surface area contributed by atoms with Gasteiger partial charge in [-0.15, -0.1) is 0 Å². The van der Waals surface area contributed by atoms with Crippen molar-refractivity contribution < 1.29 is 23.0 Å². The van der Waals surface area contributed by atoms with Crippen molar-refractivity contribution in [1.82, 2.24) is 0 Å². The van der Waals surface area contributed by atoms with E-state index in [1.54, 1.807) is 48.5 Å². The molecule has 1 unspecified atom stereocenters. The number of carbonyl (C=O) groups excluding carboxylic acids is 1. The maximum atomic E-state index is 12.9. The van der Waals surface area contributed by atoms with Gasteiger partial charge < -0.3 is 15.2 Å². The highest BCUT2D eigenvalue weighted by Gasteiger charge is 2.30. The summed E-state index contributed by atoms with van der Waals surface area (Å²) in [4.78, 5) is 11.4. The van der Waals surface area contributed by atoms with Gasteiger partial charge in [0.2, 0.25) is 5.91 Å². The first-order valence-electron chi connectivity index (χ1n) is 8.84. The highest BCUT2D eigenvalue weighted by Crippen LogP contribution is 2.49. The lowest BCUT2D eigenvalue weighted by molar-refractivity contribution is -0.117. The van der Waals surface area contributed by atoms with Crippen molar-refractivity contribution >= 4 is 17.5 Å². The van der Waals surface area contributed by atoms with E-state index in [0.717, 1.165) is 5.56 Å². The Kier molecular flexibility index (Phi) is 5.11. The smallest absolute Gasteiger partial charge is 0.387 e. The molecular weight excluding hydrogens is 400 g/mol. The molecule has 1 aliphatic rings. The summed E-state index contributed by atoms with van der Waals surface area (Å²) in [6, 6.07) is 17.3. The van der Waals surface area contributed by atoms with Gasteiger partial charge in [0.05, 0.1) is 12.0 Å². The van der Waals surface area contributed by atoms with E-state index in [2.05, 4.69) is 0 Å². The normalized spacial score (nSPS) is 14.7. The molecule has 0 aromatic heterocycles. The monoisotopic (exact) mass is 415 g/mol. The predicted molar refractivity (Wildman–Crippen MR) is 105 cm³/mol. The Bertz CT molecular complexity index is 1090. The molecule has 1 amide bonds. The molecule has 3 aromatic rings. The Morgan fingerprint density at radius 3 is 2.66 bits per heavy atom. The fraction of sp³-hybridized carbons (Fsp3) is 0.136. The second kappa shape index (κ2) is 7.72. The molecule has 7 heteroatoms. The number of ether oxygens (including phenoxy) is 2. The number of hydrogen-bond donors (Lipinski definition) is 1. The summed E-state index contributed by atoms with van der Waals surface area (Å²) in [5.41, 5.74) is 8.65. The quantitative estimate of drug-likeness (QED) is 0.629. The van der Waals surface area contributed by atoms with Crippen molar-refractivity contribution in [1.29, 1.82) is 0 Å². The van der Waals surface area contributed by atoms with Gasteiger partial charge in [0.25, 0.3) is 0 Å². The molecule has 1 aliphatic heterocycles. The molecule has 0 saturated heterocycles. The van der Waals surface area contributed by atoms with Crippen LogP contribution in [0, 0.1) is 0 Å². The first-order valence-corrected chi connectivity index (χ1v) is 9.21. The number of alkyl halides is 2. The van der Waals surface area contributed by atoms with Gasteiger partial charge in [0, 0.05) is 10.6 Å². The van der Waals surface area contributed by atoms with Crippen LogP contribution in [0.4, 0.5) is 8.78 Å². The molecule has 4 rings (SSSR count). The molecule has 0 bridgehead atoms. The number of nitrogens with two attached hydrogens (primary N) is 1. The van der Waals surface area contributed by atoms with Crippen LogP contribution in [0.25, 0.3) is 11.1 Å². The summed E-state index contributed by atoms with van der Waals surface area (Å²) in [6.07, 6.45) is -0.483. The van der Waals surface area contributed by atoms with E-state index in [0.29, 0.717) is 33.0 Å². The van der Waals surface area contributed by atoms with E-state index in [-0.39, 0.29) is 12.2 Å². The lowest BCUT2D eigenvalue weighted by atomic mass is 9.87. The number of halogens is 3. The molecule has 148 valence electrons. The second-order valence-electron chi connectivity index (χ2n) is 6.63. The third-order valence-corrected chi connectivity index (χ3v) is 4.88. The SMILES string of the molecule is NC(=O)Cc1ccc2c(c1)C(c1cccc(Cl)c1)Oc1cccc(OC(F)F)c1-2. The molecule has 4 nitrogen and oxygen atoms in total. The molecule has 1 atom stereocenters. The maximum Gasteiger partial charge on any atom is 0.387 e. The van der Waals surface area contributed by atoms with Crippen LogP contribution in [0.1, 0.15) is 22.8 Å². The fourth-order valence-electron chi connectivity index (χ4n) is 3.54. The van der Waals surface area contributed by atoms with Crippen molar-refractivity contribution in [2.75, 3.05) is 0 Å². The van der Waals surface area contributed by atoms with E-state index < -0.39 is 18.6 Å². The maximum absolute atomic E-state index is 12.9. The summed E-state index contributed by atoms with van der Waals surface area (Å²) in [5.74, 6) is -0.0303. The minimum absolute atomic E-state index is 0.0194. The fourth-order valence-corrected chi connectivity index (χ4v) is 3.74. The van der Waals surface area contributed by atoms with Crippen molar-refractivity contribution in [3.8, 4) is 22.6 Å². The molecule has 0 fully saturated rings. The van der Waals surface area contributed by atoms with Crippen molar-refractivity contribution in [3.05, 3.63) is 82.4 Å². The molecular formula is C22H16ClF2NO3. The third-order valence-electron chi connectivity index (χ3n) is 4.65. The molecule has 29 heavy (non-hydrogen) atoms. The zero-order valence-corrected chi connectivity index (χ0v) is 15.8. The number of rotatable bonds is 5. The number of carbonyl (C=O) groups is 1. The minimum Gasteiger partial charge on any atom is -0.480 e. The van der Waals surface area contributed by atoms with Crippen LogP contribution in [0.15, 0.2) is 60.7 Å². The highest BCUT2D eigenvalue weighted by molar-refractivity contribution is 6.30. The van der Waals surface area contributed by atoms with Gasteiger partial charge in [-0.3, -0.25) is 4.79 Å². The van der Waals surface area contributed by atoms with Crippen LogP contribution in [0.5, 0.6) is 11.5 Å². The Labute approximate surface area is 170 Å². The summed E-state index contributed by atoms with van der Waals surface area (Å²) in [7, 11) is 0. The number of primary amides is 1. The van der Waals surface area contributed by atoms with Crippen LogP contribution < -0.4 is 15.2 Å². The second-order valence-corrected chi connectivity index (χ2v) is 7.06. The van der Waals surface area contributed by atoms with Crippen LogP contribution >= 0.6 is 11.6 Å². The molecule has 0 spiro atoms. The van der Waals surface area contributed by atoms with E-state index >= 15 is 0 Å². The Morgan fingerprint density at radius 1 is 1.14 bits per heavy atom. The predicted octanol–water partition coefficient (Wildman–Crippen LogP) is 5.12. The average molecular weight is 416 g/mol. The van der Waals surface area contributed by atoms with Crippen molar-refractivity contribution in [3.63, 3.8) is 0 Å². The summed E-state index contributed by atoms with van der Waals surface area (Å²) in [5, 5.41) is 0.543. The molecule has 1 heterocycles. The van der Waals surface area contributed by atoms with Gasteiger partial charge in [-0.05, 0) is 41.0 Å². The van der Waals surface area contributed by atoms with Gasteiger partial charge in [0.1, 0.15) is 17.6 Å². The first-order chi connectivity index (χ1) is 13.9. The summed E-state index contributed by atoms with van der Waals surface area (Å²) >= 11 is 6.15. The van der Waals surface area contributed by atoms with E-state index in [1.165, 1.54) is 6.07 Å².